The van der Waals surface area contributed by atoms with Crippen molar-refractivity contribution in [2.75, 3.05) is 25.6 Å². The molecule has 1 atom stereocenters. The smallest absolute Gasteiger partial charge is 0.220 e. The summed E-state index contributed by atoms with van der Waals surface area (Å²) in [6, 6.07) is 4.50. The molecule has 1 aliphatic carbocycles. The molecule has 0 saturated heterocycles. The lowest BCUT2D eigenvalue weighted by Crippen LogP contribution is -2.29. The van der Waals surface area contributed by atoms with Gasteiger partial charge in [-0.05, 0) is 48.9 Å². The number of anilines is 2. The van der Waals surface area contributed by atoms with E-state index in [-0.39, 0.29) is 10.9 Å². The van der Waals surface area contributed by atoms with Crippen LogP contribution in [0.3, 0.4) is 0 Å². The molecule has 158 valence electrons. The molecule has 0 saturated carbocycles. The van der Waals surface area contributed by atoms with Gasteiger partial charge >= 0.3 is 0 Å². The van der Waals surface area contributed by atoms with Crippen LogP contribution in [0.5, 0.6) is 0 Å². The molecule has 1 aliphatic rings. The summed E-state index contributed by atoms with van der Waals surface area (Å²) in [6.07, 6.45) is 4.71. The molecule has 0 fully saturated rings. The number of halogens is 2. The Bertz CT molecular complexity index is 1070. The average Bonchev–Trinajstić information content (AvgIpc) is 3.09. The zero-order valence-electron chi connectivity index (χ0n) is 16.5. The maximum atomic E-state index is 13.5. The second kappa shape index (κ2) is 9.24. The van der Waals surface area contributed by atoms with Crippen molar-refractivity contribution >= 4 is 50.6 Å². The number of aryl methyl sites for hydroxylation is 1. The fraction of sp³-hybridized carbons (Fsp3) is 0.381. The summed E-state index contributed by atoms with van der Waals surface area (Å²) in [7, 11) is 1.62. The predicted octanol–water partition coefficient (Wildman–Crippen LogP) is 4.49. The molecule has 30 heavy (non-hydrogen) atoms. The van der Waals surface area contributed by atoms with Crippen molar-refractivity contribution in [3.8, 4) is 0 Å². The van der Waals surface area contributed by atoms with Crippen molar-refractivity contribution in [1.29, 1.82) is 0 Å². The van der Waals surface area contributed by atoms with Gasteiger partial charge in [0.2, 0.25) is 5.91 Å². The number of carbonyl (C=O) groups excluding carboxylic acids is 1. The minimum absolute atomic E-state index is 0.0595. The van der Waals surface area contributed by atoms with Crippen LogP contribution in [0, 0.1) is 11.7 Å². The molecule has 0 spiro atoms. The summed E-state index contributed by atoms with van der Waals surface area (Å²) >= 11 is 7.56. The lowest BCUT2D eigenvalue weighted by Gasteiger charge is -2.22. The maximum Gasteiger partial charge on any atom is 0.220 e. The first-order chi connectivity index (χ1) is 14.5. The number of nitrogens with one attached hydrogen (secondary N) is 2. The molecule has 2 aromatic heterocycles. The van der Waals surface area contributed by atoms with E-state index in [1.165, 1.54) is 22.8 Å². The van der Waals surface area contributed by atoms with Gasteiger partial charge in [-0.15, -0.1) is 11.3 Å². The van der Waals surface area contributed by atoms with E-state index in [4.69, 9.17) is 16.3 Å². The van der Waals surface area contributed by atoms with Gasteiger partial charge in [-0.3, -0.25) is 4.79 Å². The molecular weight excluding hydrogens is 427 g/mol. The van der Waals surface area contributed by atoms with E-state index in [0.717, 1.165) is 29.5 Å². The second-order valence-corrected chi connectivity index (χ2v) is 8.81. The Morgan fingerprint density at radius 2 is 2.27 bits per heavy atom. The summed E-state index contributed by atoms with van der Waals surface area (Å²) < 4.78 is 18.4. The van der Waals surface area contributed by atoms with Crippen LogP contribution in [0.15, 0.2) is 24.5 Å². The molecule has 0 aliphatic heterocycles. The molecule has 0 radical (unpaired) electrons. The number of benzene rings is 1. The summed E-state index contributed by atoms with van der Waals surface area (Å²) in [4.78, 5) is 23.2. The zero-order valence-corrected chi connectivity index (χ0v) is 18.1. The number of hydrogen-bond acceptors (Lipinski definition) is 6. The highest BCUT2D eigenvalue weighted by Gasteiger charge is 2.26. The first kappa shape index (κ1) is 21.0. The van der Waals surface area contributed by atoms with Crippen LogP contribution in [0.2, 0.25) is 5.02 Å². The van der Waals surface area contributed by atoms with Crippen LogP contribution in [0.25, 0.3) is 10.2 Å². The van der Waals surface area contributed by atoms with Gasteiger partial charge in [0.1, 0.15) is 22.8 Å². The van der Waals surface area contributed by atoms with Gasteiger partial charge in [-0.1, -0.05) is 11.6 Å². The van der Waals surface area contributed by atoms with Crippen molar-refractivity contribution < 1.29 is 13.9 Å². The van der Waals surface area contributed by atoms with E-state index in [1.807, 2.05) is 0 Å². The number of aromatic nitrogens is 2. The first-order valence-electron chi connectivity index (χ1n) is 9.78. The lowest BCUT2D eigenvalue weighted by molar-refractivity contribution is -0.122. The quantitative estimate of drug-likeness (QED) is 0.521. The topological polar surface area (TPSA) is 76.1 Å². The molecule has 0 bridgehead atoms. The molecule has 2 N–H and O–H groups in total. The minimum Gasteiger partial charge on any atom is -0.383 e. The molecule has 3 aromatic rings. The Labute approximate surface area is 182 Å². The third-order valence-electron chi connectivity index (χ3n) is 5.23. The number of methoxy groups -OCH3 is 1. The third-order valence-corrected chi connectivity index (χ3v) is 6.68. The Morgan fingerprint density at radius 3 is 3.07 bits per heavy atom. The number of fused-ring (bicyclic) bond motifs is 3. The normalized spacial score (nSPS) is 15.8. The maximum absolute atomic E-state index is 13.5. The predicted molar refractivity (Wildman–Crippen MR) is 117 cm³/mol. The van der Waals surface area contributed by atoms with E-state index in [0.29, 0.717) is 37.0 Å². The molecule has 1 amide bonds. The van der Waals surface area contributed by atoms with E-state index in [1.54, 1.807) is 30.6 Å². The molecule has 4 rings (SSSR count). The molecule has 2 heterocycles. The van der Waals surface area contributed by atoms with Crippen LogP contribution in [0.1, 0.15) is 23.3 Å². The molecular formula is C21H22ClFN4O2S. The summed E-state index contributed by atoms with van der Waals surface area (Å²) in [5, 5.41) is 7.21. The molecule has 1 unspecified atom stereocenters. The lowest BCUT2D eigenvalue weighted by atomic mass is 9.85. The van der Waals surface area contributed by atoms with Crippen LogP contribution in [-0.4, -0.2) is 36.1 Å². The molecule has 1 aromatic carbocycles. The van der Waals surface area contributed by atoms with Crippen LogP contribution in [0.4, 0.5) is 15.9 Å². The Kier molecular flexibility index (Phi) is 6.46. The number of nitrogens with zero attached hydrogens (tertiary/aromatic N) is 2. The van der Waals surface area contributed by atoms with E-state index >= 15 is 0 Å². The Morgan fingerprint density at radius 1 is 1.40 bits per heavy atom. The monoisotopic (exact) mass is 448 g/mol. The SMILES string of the molecule is COCCNC(=O)CC1CCc2c(sc3ncnc(Nc4ccc(F)c(Cl)c4)c23)C1. The zero-order chi connectivity index (χ0) is 21.1. The highest BCUT2D eigenvalue weighted by atomic mass is 35.5. The van der Waals surface area contributed by atoms with Gasteiger partial charge < -0.3 is 15.4 Å². The van der Waals surface area contributed by atoms with Crippen LogP contribution < -0.4 is 10.6 Å². The van der Waals surface area contributed by atoms with Gasteiger partial charge in [0.25, 0.3) is 0 Å². The van der Waals surface area contributed by atoms with E-state index in [9.17, 15) is 9.18 Å². The van der Waals surface area contributed by atoms with Gasteiger partial charge in [0.15, 0.2) is 0 Å². The number of amides is 1. The van der Waals surface area contributed by atoms with Crippen LogP contribution >= 0.6 is 22.9 Å². The highest BCUT2D eigenvalue weighted by Crippen LogP contribution is 2.41. The van der Waals surface area contributed by atoms with Gasteiger partial charge in [-0.25, -0.2) is 14.4 Å². The summed E-state index contributed by atoms with van der Waals surface area (Å²) in [6.45, 7) is 1.05. The van der Waals surface area contributed by atoms with Crippen LogP contribution in [-0.2, 0) is 22.4 Å². The van der Waals surface area contributed by atoms with Crippen molar-refractivity contribution in [2.24, 2.45) is 5.92 Å². The van der Waals surface area contributed by atoms with Gasteiger partial charge in [0.05, 0.1) is 17.0 Å². The fourth-order valence-corrected chi connectivity index (χ4v) is 5.27. The average molecular weight is 449 g/mol. The minimum atomic E-state index is -0.458. The number of thiophene rings is 1. The number of hydrogen-bond donors (Lipinski definition) is 2. The first-order valence-corrected chi connectivity index (χ1v) is 11.0. The summed E-state index contributed by atoms with van der Waals surface area (Å²) in [5.41, 5.74) is 1.91. The van der Waals surface area contributed by atoms with E-state index in [2.05, 4.69) is 20.6 Å². The highest BCUT2D eigenvalue weighted by molar-refractivity contribution is 7.19. The van der Waals surface area contributed by atoms with Crippen molar-refractivity contribution in [3.63, 3.8) is 0 Å². The number of carbonyl (C=O) groups is 1. The van der Waals surface area contributed by atoms with Crippen molar-refractivity contribution in [3.05, 3.63) is 45.8 Å². The molecule has 9 heteroatoms. The van der Waals surface area contributed by atoms with Crippen molar-refractivity contribution in [1.82, 2.24) is 15.3 Å². The Hall–Kier alpha value is -2.29. The molecule has 6 nitrogen and oxygen atoms in total. The van der Waals surface area contributed by atoms with E-state index < -0.39 is 5.82 Å². The number of ether oxygens (including phenoxy) is 1. The fourth-order valence-electron chi connectivity index (χ4n) is 3.79. The Balaban J connectivity index is 1.53. The second-order valence-electron chi connectivity index (χ2n) is 7.32. The number of rotatable bonds is 7. The van der Waals surface area contributed by atoms with Gasteiger partial charge in [-0.2, -0.15) is 0 Å². The van der Waals surface area contributed by atoms with Gasteiger partial charge in [0, 0.05) is 30.6 Å². The summed E-state index contributed by atoms with van der Waals surface area (Å²) in [5.74, 6) is 0.613. The third kappa shape index (κ3) is 4.55. The standard InChI is InChI=1S/C21H22ClFN4O2S/c1-29-7-6-24-18(28)9-12-2-4-14-17(8-12)30-21-19(14)20(25-11-26-21)27-13-3-5-16(23)15(22)10-13/h3,5,10-12H,2,4,6-9H2,1H3,(H,24,28)(H,25,26,27). The largest absolute Gasteiger partial charge is 0.383 e. The van der Waals surface area contributed by atoms with Crippen molar-refractivity contribution in [2.45, 2.75) is 25.7 Å².